The van der Waals surface area contributed by atoms with E-state index in [9.17, 15) is 14.3 Å². The zero-order valence-electron chi connectivity index (χ0n) is 37.3. The number of nitrogens with zero attached hydrogens (tertiary/aromatic N) is 1. The number of carbonyl (C=O) groups is 1. The molecule has 330 valence electrons. The normalized spacial score (nSPS) is 14.0. The zero-order valence-corrected chi connectivity index (χ0v) is 38.2. The Balaban J connectivity index is 4.18. The molecule has 0 amide bonds. The van der Waals surface area contributed by atoms with Crippen molar-refractivity contribution in [3.05, 3.63) is 36.5 Å². The highest BCUT2D eigenvalue weighted by Gasteiger charge is 2.20. The van der Waals surface area contributed by atoms with Crippen molar-refractivity contribution in [2.24, 2.45) is 0 Å². The van der Waals surface area contributed by atoms with Crippen molar-refractivity contribution < 1.29 is 37.3 Å². The van der Waals surface area contributed by atoms with E-state index in [1.807, 2.05) is 21.1 Å². The van der Waals surface area contributed by atoms with Gasteiger partial charge in [-0.2, -0.15) is 0 Å². The third-order valence-electron chi connectivity index (χ3n) is 9.96. The minimum Gasteiger partial charge on any atom is -0.756 e. The molecule has 0 aliphatic heterocycles. The Kier molecular flexibility index (Phi) is 39.6. The monoisotopic (exact) mass is 812 g/mol. The number of quaternary nitrogens is 1. The third-order valence-corrected chi connectivity index (χ3v) is 10.9. The van der Waals surface area contributed by atoms with E-state index < -0.39 is 13.9 Å². The lowest BCUT2D eigenvalue weighted by Crippen LogP contribution is -2.37. The van der Waals surface area contributed by atoms with E-state index in [4.69, 9.17) is 18.5 Å². The molecule has 0 radical (unpaired) electrons. The number of hydrogen-bond donors (Lipinski definition) is 0. The number of phosphoric ester groups is 1. The molecule has 0 N–H and O–H groups in total. The lowest BCUT2D eigenvalue weighted by molar-refractivity contribution is -0.870. The summed E-state index contributed by atoms with van der Waals surface area (Å²) in [6.07, 6.45) is 47.3. The molecule has 0 aromatic carbocycles. The molecule has 0 aromatic heterocycles. The van der Waals surface area contributed by atoms with Crippen LogP contribution in [-0.2, 0) is 27.9 Å². The molecule has 0 aliphatic rings. The van der Waals surface area contributed by atoms with E-state index in [1.165, 1.54) is 109 Å². The van der Waals surface area contributed by atoms with Crippen molar-refractivity contribution in [3.8, 4) is 0 Å². The van der Waals surface area contributed by atoms with Crippen LogP contribution in [0.1, 0.15) is 200 Å². The van der Waals surface area contributed by atoms with E-state index in [0.29, 0.717) is 24.1 Å². The Labute approximate surface area is 346 Å². The van der Waals surface area contributed by atoms with Crippen LogP contribution in [0.3, 0.4) is 0 Å². The minimum absolute atomic E-state index is 0.0233. The highest BCUT2D eigenvalue weighted by Crippen LogP contribution is 2.38. The number of ether oxygens (including phenoxy) is 2. The van der Waals surface area contributed by atoms with Crippen LogP contribution in [0.4, 0.5) is 0 Å². The van der Waals surface area contributed by atoms with Crippen molar-refractivity contribution in [1.29, 1.82) is 0 Å². The molecular formula is C47H90NO7P. The molecule has 0 heterocycles. The summed E-state index contributed by atoms with van der Waals surface area (Å²) in [6, 6.07) is 0. The Bertz CT molecular complexity index is 994. The van der Waals surface area contributed by atoms with Gasteiger partial charge in [-0.25, -0.2) is 0 Å². The maximum atomic E-state index is 12.7. The predicted octanol–water partition coefficient (Wildman–Crippen LogP) is 13.1. The predicted molar refractivity (Wildman–Crippen MR) is 236 cm³/mol. The molecule has 9 heteroatoms. The molecular weight excluding hydrogens is 721 g/mol. The van der Waals surface area contributed by atoms with E-state index in [1.54, 1.807) is 0 Å². The number of rotatable bonds is 43. The zero-order chi connectivity index (χ0) is 41.3. The molecule has 0 saturated heterocycles. The SMILES string of the molecule is CC/C=C\C/C=C\C/C=C\CCCCCCCC(=O)OC(COCCCCCCCCCCCCCCCCCCCCC)COP(=O)([O-])OCC[N+](C)(C)C. The van der Waals surface area contributed by atoms with Gasteiger partial charge < -0.3 is 27.9 Å². The van der Waals surface area contributed by atoms with Crippen LogP contribution in [-0.4, -0.2) is 70.7 Å². The molecule has 56 heavy (non-hydrogen) atoms. The summed E-state index contributed by atoms with van der Waals surface area (Å²) in [6.45, 7) is 5.30. The molecule has 0 aromatic rings. The lowest BCUT2D eigenvalue weighted by Gasteiger charge is -2.28. The van der Waals surface area contributed by atoms with Gasteiger partial charge in [-0.05, 0) is 44.9 Å². The largest absolute Gasteiger partial charge is 0.756 e. The van der Waals surface area contributed by atoms with Crippen molar-refractivity contribution >= 4 is 13.8 Å². The Morgan fingerprint density at radius 3 is 1.55 bits per heavy atom. The summed E-state index contributed by atoms with van der Waals surface area (Å²) < 4.78 is 34.6. The Hall–Kier alpha value is -1.28. The summed E-state index contributed by atoms with van der Waals surface area (Å²) in [7, 11) is 1.35. The molecule has 0 spiro atoms. The fourth-order valence-corrected chi connectivity index (χ4v) is 7.11. The van der Waals surface area contributed by atoms with Crippen LogP contribution < -0.4 is 4.89 Å². The summed E-state index contributed by atoms with van der Waals surface area (Å²) >= 11 is 0. The molecule has 0 bridgehead atoms. The van der Waals surface area contributed by atoms with Crippen LogP contribution >= 0.6 is 7.82 Å². The van der Waals surface area contributed by atoms with Gasteiger partial charge in [-0.3, -0.25) is 9.36 Å². The second kappa shape index (κ2) is 40.5. The van der Waals surface area contributed by atoms with E-state index in [-0.39, 0.29) is 25.8 Å². The highest BCUT2D eigenvalue weighted by molar-refractivity contribution is 7.45. The van der Waals surface area contributed by atoms with E-state index in [2.05, 4.69) is 50.3 Å². The molecule has 0 aliphatic carbocycles. The first-order chi connectivity index (χ1) is 27.1. The summed E-state index contributed by atoms with van der Waals surface area (Å²) in [4.78, 5) is 25.1. The van der Waals surface area contributed by atoms with Crippen LogP contribution in [0.5, 0.6) is 0 Å². The lowest BCUT2D eigenvalue weighted by atomic mass is 10.0. The summed E-state index contributed by atoms with van der Waals surface area (Å²) in [5.74, 6) is -0.349. The first-order valence-electron chi connectivity index (χ1n) is 23.2. The molecule has 0 rings (SSSR count). The van der Waals surface area contributed by atoms with Gasteiger partial charge in [0.15, 0.2) is 0 Å². The maximum Gasteiger partial charge on any atom is 0.306 e. The average molecular weight is 812 g/mol. The van der Waals surface area contributed by atoms with Crippen molar-refractivity contribution in [2.75, 3.05) is 54.1 Å². The Morgan fingerprint density at radius 2 is 1.04 bits per heavy atom. The van der Waals surface area contributed by atoms with Gasteiger partial charge in [0, 0.05) is 13.0 Å². The van der Waals surface area contributed by atoms with Crippen molar-refractivity contribution in [1.82, 2.24) is 0 Å². The number of likely N-dealkylation sites (N-methyl/N-ethyl adjacent to an activating group) is 1. The van der Waals surface area contributed by atoms with Crippen LogP contribution in [0.2, 0.25) is 0 Å². The van der Waals surface area contributed by atoms with Gasteiger partial charge in [0.05, 0.1) is 34.4 Å². The number of allylic oxidation sites excluding steroid dienone is 6. The highest BCUT2D eigenvalue weighted by atomic mass is 31.2. The molecule has 8 nitrogen and oxygen atoms in total. The first kappa shape index (κ1) is 54.7. The second-order valence-corrected chi connectivity index (χ2v) is 18.2. The quantitative estimate of drug-likeness (QED) is 0.0199. The van der Waals surface area contributed by atoms with E-state index >= 15 is 0 Å². The topological polar surface area (TPSA) is 94.1 Å². The average Bonchev–Trinajstić information content (AvgIpc) is 3.15. The van der Waals surface area contributed by atoms with Gasteiger partial charge >= 0.3 is 5.97 Å². The fourth-order valence-electron chi connectivity index (χ4n) is 6.38. The number of esters is 1. The molecule has 0 fully saturated rings. The standard InChI is InChI=1S/C47H90NO7P/c1-6-8-10-12-14-16-18-20-22-23-24-25-27-29-31-33-35-37-39-42-52-44-46(45-54-56(50,51)53-43-41-48(3,4)5)55-47(49)40-38-36-34-32-30-28-26-21-19-17-15-13-11-9-7-2/h9,11,15,17,21,26,46H,6-8,10,12-14,16,18-20,22-25,27-45H2,1-5H3/b11-9-,17-15-,26-21-. The van der Waals surface area contributed by atoms with Crippen molar-refractivity contribution in [3.63, 3.8) is 0 Å². The first-order valence-corrected chi connectivity index (χ1v) is 24.7. The van der Waals surface area contributed by atoms with Crippen molar-refractivity contribution in [2.45, 2.75) is 206 Å². The number of hydrogen-bond acceptors (Lipinski definition) is 7. The summed E-state index contributed by atoms with van der Waals surface area (Å²) in [5.41, 5.74) is 0. The van der Waals surface area contributed by atoms with Gasteiger partial charge in [-0.15, -0.1) is 0 Å². The van der Waals surface area contributed by atoms with Gasteiger partial charge in [-0.1, -0.05) is 185 Å². The van der Waals surface area contributed by atoms with Crippen LogP contribution in [0.15, 0.2) is 36.5 Å². The second-order valence-electron chi connectivity index (χ2n) is 16.7. The fraction of sp³-hybridized carbons (Fsp3) is 0.851. The van der Waals surface area contributed by atoms with E-state index in [0.717, 1.165) is 70.6 Å². The Morgan fingerprint density at radius 1 is 0.571 bits per heavy atom. The van der Waals surface area contributed by atoms with Gasteiger partial charge in [0.2, 0.25) is 0 Å². The number of unbranched alkanes of at least 4 members (excludes halogenated alkanes) is 23. The van der Waals surface area contributed by atoms with Crippen LogP contribution in [0.25, 0.3) is 0 Å². The maximum absolute atomic E-state index is 12.7. The number of phosphoric acid groups is 1. The third kappa shape index (κ3) is 43.8. The molecule has 0 saturated carbocycles. The smallest absolute Gasteiger partial charge is 0.306 e. The van der Waals surface area contributed by atoms with Gasteiger partial charge in [0.1, 0.15) is 19.3 Å². The number of carbonyl (C=O) groups excluding carboxylic acids is 1. The minimum atomic E-state index is -4.53. The molecule has 2 atom stereocenters. The summed E-state index contributed by atoms with van der Waals surface area (Å²) in [5, 5.41) is 0. The molecule has 2 unspecified atom stereocenters. The van der Waals surface area contributed by atoms with Gasteiger partial charge in [0.25, 0.3) is 7.82 Å². The van der Waals surface area contributed by atoms with Crippen LogP contribution in [0, 0.1) is 0 Å².